The quantitative estimate of drug-likeness (QED) is 0.585. The van der Waals surface area contributed by atoms with Crippen molar-refractivity contribution in [2.24, 2.45) is 0 Å². The molecule has 0 fully saturated rings. The fourth-order valence-corrected chi connectivity index (χ4v) is 3.01. The van der Waals surface area contributed by atoms with Gasteiger partial charge in [0, 0.05) is 11.8 Å². The van der Waals surface area contributed by atoms with Gasteiger partial charge in [0.15, 0.2) is 0 Å². The van der Waals surface area contributed by atoms with Crippen molar-refractivity contribution in [1.82, 2.24) is 9.78 Å². The highest BCUT2D eigenvalue weighted by Crippen LogP contribution is 2.28. The number of hydrogen-bond donors (Lipinski definition) is 0. The van der Waals surface area contributed by atoms with Crippen LogP contribution in [0.3, 0.4) is 0 Å². The molecule has 0 aliphatic heterocycles. The predicted octanol–water partition coefficient (Wildman–Crippen LogP) is 4.35. The third kappa shape index (κ3) is 4.37. The van der Waals surface area contributed by atoms with E-state index in [2.05, 4.69) is 36.3 Å². The fraction of sp³-hybridized carbons (Fsp3) is 0.273. The van der Waals surface area contributed by atoms with E-state index in [1.54, 1.807) is 24.9 Å². The zero-order valence-corrected chi connectivity index (χ0v) is 15.9. The lowest BCUT2D eigenvalue weighted by Crippen LogP contribution is -2.13. The summed E-state index contributed by atoms with van der Waals surface area (Å²) in [6, 6.07) is 16.4. The van der Waals surface area contributed by atoms with Gasteiger partial charge < -0.3 is 9.47 Å². The minimum absolute atomic E-state index is 0.123. The topological polar surface area (TPSA) is 53.4 Å². The maximum atomic E-state index is 11.6. The largest absolute Gasteiger partial charge is 0.496 e. The Bertz CT molecular complexity index is 914. The number of esters is 1. The first-order chi connectivity index (χ1) is 13.1. The molecule has 5 heteroatoms. The molecule has 0 amide bonds. The number of carbonyl (C=O) groups excluding carboxylic acids is 1. The highest BCUT2D eigenvalue weighted by atomic mass is 16.5. The number of aryl methyl sites for hydroxylation is 1. The molecule has 0 saturated carbocycles. The van der Waals surface area contributed by atoms with E-state index >= 15 is 0 Å². The Morgan fingerprint density at radius 3 is 2.37 bits per heavy atom. The first-order valence-electron chi connectivity index (χ1n) is 9.11. The molecule has 5 nitrogen and oxygen atoms in total. The molecule has 3 aromatic rings. The molecule has 0 N–H and O–H groups in total. The van der Waals surface area contributed by atoms with E-state index in [0.717, 1.165) is 34.6 Å². The Labute approximate surface area is 159 Å². The van der Waals surface area contributed by atoms with E-state index in [4.69, 9.17) is 9.47 Å². The lowest BCUT2D eigenvalue weighted by atomic mass is 9.99. The second kappa shape index (κ2) is 8.54. The standard InChI is InChI=1S/C22H24N2O3/c1-4-16-14-19(10-11-21(16)26-3)17-6-8-18(9-7-17)20-12-13-24(23-20)15-22(25)27-5-2/h6-14H,4-5,15H2,1-3H3. The fourth-order valence-electron chi connectivity index (χ4n) is 3.01. The van der Waals surface area contributed by atoms with Gasteiger partial charge in [0.1, 0.15) is 12.3 Å². The smallest absolute Gasteiger partial charge is 0.327 e. The second-order valence-corrected chi connectivity index (χ2v) is 6.16. The summed E-state index contributed by atoms with van der Waals surface area (Å²) in [6.07, 6.45) is 2.71. The van der Waals surface area contributed by atoms with Gasteiger partial charge in [-0.1, -0.05) is 37.3 Å². The lowest BCUT2D eigenvalue weighted by Gasteiger charge is -2.10. The molecule has 1 aromatic heterocycles. The molecule has 0 radical (unpaired) electrons. The van der Waals surface area contributed by atoms with Gasteiger partial charge in [0.2, 0.25) is 0 Å². The maximum absolute atomic E-state index is 11.6. The van der Waals surface area contributed by atoms with Crippen LogP contribution >= 0.6 is 0 Å². The molecule has 3 rings (SSSR count). The van der Waals surface area contributed by atoms with Gasteiger partial charge in [-0.25, -0.2) is 0 Å². The van der Waals surface area contributed by atoms with Crippen LogP contribution in [0.25, 0.3) is 22.4 Å². The minimum Gasteiger partial charge on any atom is -0.496 e. The molecule has 27 heavy (non-hydrogen) atoms. The van der Waals surface area contributed by atoms with Gasteiger partial charge in [-0.15, -0.1) is 0 Å². The average molecular weight is 364 g/mol. The van der Waals surface area contributed by atoms with Crippen molar-refractivity contribution in [2.75, 3.05) is 13.7 Å². The number of rotatable bonds is 7. The van der Waals surface area contributed by atoms with Crippen LogP contribution in [0, 0.1) is 0 Å². The summed E-state index contributed by atoms with van der Waals surface area (Å²) in [5.41, 5.74) is 5.33. The molecule has 0 aliphatic rings. The number of ether oxygens (including phenoxy) is 2. The van der Waals surface area contributed by atoms with E-state index in [1.807, 2.05) is 24.3 Å². The monoisotopic (exact) mass is 364 g/mol. The molecule has 1 heterocycles. The summed E-state index contributed by atoms with van der Waals surface area (Å²) < 4.78 is 12.0. The van der Waals surface area contributed by atoms with Gasteiger partial charge in [-0.05, 0) is 48.2 Å². The van der Waals surface area contributed by atoms with Crippen molar-refractivity contribution in [3.8, 4) is 28.1 Å². The Kier molecular flexibility index (Phi) is 5.91. The molecule has 0 unspecified atom stereocenters. The molecular formula is C22H24N2O3. The molecule has 0 spiro atoms. The van der Waals surface area contributed by atoms with Crippen LogP contribution in [0.5, 0.6) is 5.75 Å². The summed E-state index contributed by atoms with van der Waals surface area (Å²) in [6.45, 7) is 4.41. The summed E-state index contributed by atoms with van der Waals surface area (Å²) in [5, 5.41) is 4.45. The van der Waals surface area contributed by atoms with Gasteiger partial charge in [0.25, 0.3) is 0 Å². The van der Waals surface area contributed by atoms with Crippen LogP contribution in [0.4, 0.5) is 0 Å². The summed E-state index contributed by atoms with van der Waals surface area (Å²) in [7, 11) is 1.70. The van der Waals surface area contributed by atoms with Crippen molar-refractivity contribution >= 4 is 5.97 Å². The van der Waals surface area contributed by atoms with Gasteiger partial charge in [0.05, 0.1) is 19.4 Å². The molecular weight excluding hydrogens is 340 g/mol. The minimum atomic E-state index is -0.284. The Hall–Kier alpha value is -3.08. The highest BCUT2D eigenvalue weighted by Gasteiger charge is 2.08. The summed E-state index contributed by atoms with van der Waals surface area (Å²) in [4.78, 5) is 11.6. The van der Waals surface area contributed by atoms with Crippen molar-refractivity contribution in [1.29, 1.82) is 0 Å². The van der Waals surface area contributed by atoms with Crippen LogP contribution < -0.4 is 4.74 Å². The zero-order valence-electron chi connectivity index (χ0n) is 15.9. The third-order valence-electron chi connectivity index (χ3n) is 4.41. The normalized spacial score (nSPS) is 10.6. The number of methoxy groups -OCH3 is 1. The number of benzene rings is 2. The molecule has 140 valence electrons. The predicted molar refractivity (Wildman–Crippen MR) is 106 cm³/mol. The summed E-state index contributed by atoms with van der Waals surface area (Å²) in [5.74, 6) is 0.638. The SMILES string of the molecule is CCOC(=O)Cn1ccc(-c2ccc(-c3ccc(OC)c(CC)c3)cc2)n1. The van der Waals surface area contributed by atoms with Crippen LogP contribution in [0.15, 0.2) is 54.7 Å². The first kappa shape index (κ1) is 18.7. The highest BCUT2D eigenvalue weighted by molar-refractivity contribution is 5.71. The zero-order chi connectivity index (χ0) is 19.2. The van der Waals surface area contributed by atoms with E-state index in [9.17, 15) is 4.79 Å². The van der Waals surface area contributed by atoms with Crippen LogP contribution in [-0.2, 0) is 22.5 Å². The van der Waals surface area contributed by atoms with E-state index in [-0.39, 0.29) is 12.5 Å². The molecule has 0 atom stereocenters. The number of hydrogen-bond acceptors (Lipinski definition) is 4. The maximum Gasteiger partial charge on any atom is 0.327 e. The van der Waals surface area contributed by atoms with Crippen molar-refractivity contribution < 1.29 is 14.3 Å². The molecule has 0 bridgehead atoms. The first-order valence-corrected chi connectivity index (χ1v) is 9.11. The molecule has 0 aliphatic carbocycles. The van der Waals surface area contributed by atoms with Gasteiger partial charge in [-0.3, -0.25) is 9.48 Å². The van der Waals surface area contributed by atoms with E-state index < -0.39 is 0 Å². The van der Waals surface area contributed by atoms with Crippen LogP contribution in [0.2, 0.25) is 0 Å². The van der Waals surface area contributed by atoms with Crippen LogP contribution in [-0.4, -0.2) is 29.5 Å². The Balaban J connectivity index is 1.78. The van der Waals surface area contributed by atoms with Crippen molar-refractivity contribution in [3.05, 3.63) is 60.3 Å². The van der Waals surface area contributed by atoms with Gasteiger partial charge >= 0.3 is 5.97 Å². The molecule has 2 aromatic carbocycles. The van der Waals surface area contributed by atoms with E-state index in [1.165, 1.54) is 5.56 Å². The van der Waals surface area contributed by atoms with Gasteiger partial charge in [-0.2, -0.15) is 5.10 Å². The third-order valence-corrected chi connectivity index (χ3v) is 4.41. The lowest BCUT2D eigenvalue weighted by molar-refractivity contribution is -0.144. The summed E-state index contributed by atoms with van der Waals surface area (Å²) >= 11 is 0. The Morgan fingerprint density at radius 2 is 1.70 bits per heavy atom. The second-order valence-electron chi connectivity index (χ2n) is 6.16. The average Bonchev–Trinajstić information content (AvgIpc) is 3.16. The Morgan fingerprint density at radius 1 is 1.00 bits per heavy atom. The van der Waals surface area contributed by atoms with Crippen LogP contribution in [0.1, 0.15) is 19.4 Å². The molecule has 0 saturated heterocycles. The van der Waals surface area contributed by atoms with Crippen molar-refractivity contribution in [3.63, 3.8) is 0 Å². The van der Waals surface area contributed by atoms with Crippen molar-refractivity contribution in [2.45, 2.75) is 26.8 Å². The number of aromatic nitrogens is 2. The number of carbonyl (C=O) groups is 1. The van der Waals surface area contributed by atoms with E-state index in [0.29, 0.717) is 6.61 Å². The number of nitrogens with zero attached hydrogens (tertiary/aromatic N) is 2.